The van der Waals surface area contributed by atoms with Gasteiger partial charge in [0.2, 0.25) is 0 Å². The molecule has 5 heteroatoms. The highest BCUT2D eigenvalue weighted by atomic mass is 35.5. The number of nitrogens with zero attached hydrogens (tertiary/aromatic N) is 1. The quantitative estimate of drug-likeness (QED) is 0.838. The Balaban J connectivity index is 2.25. The molecular weight excluding hydrogens is 288 g/mol. The zero-order valence-corrected chi connectivity index (χ0v) is 12.1. The topological polar surface area (TPSA) is 62.2 Å². The minimum atomic E-state index is -0.269. The molecule has 0 aliphatic carbocycles. The molecule has 1 aromatic carbocycles. The molecule has 21 heavy (non-hydrogen) atoms. The van der Waals surface area contributed by atoms with Crippen molar-refractivity contribution in [3.05, 3.63) is 58.2 Å². The average molecular weight is 301 g/mol. The van der Waals surface area contributed by atoms with Gasteiger partial charge < -0.3 is 10.4 Å². The summed E-state index contributed by atoms with van der Waals surface area (Å²) >= 11 is 5.75. The number of pyridine rings is 1. The van der Waals surface area contributed by atoms with Crippen LogP contribution in [0.1, 0.15) is 21.5 Å². The highest BCUT2D eigenvalue weighted by Crippen LogP contribution is 2.15. The number of hydrogen-bond acceptors (Lipinski definition) is 3. The van der Waals surface area contributed by atoms with Crippen molar-refractivity contribution in [3.63, 3.8) is 0 Å². The van der Waals surface area contributed by atoms with Gasteiger partial charge in [0.05, 0.1) is 5.02 Å². The summed E-state index contributed by atoms with van der Waals surface area (Å²) < 4.78 is 0. The largest absolute Gasteiger partial charge is 0.384 e. The van der Waals surface area contributed by atoms with Crippen molar-refractivity contribution >= 4 is 23.3 Å². The van der Waals surface area contributed by atoms with Crippen LogP contribution in [-0.2, 0) is 0 Å². The normalized spacial score (nSPS) is 9.67. The zero-order chi connectivity index (χ0) is 15.2. The van der Waals surface area contributed by atoms with Crippen molar-refractivity contribution in [3.8, 4) is 11.8 Å². The molecule has 0 bridgehead atoms. The summed E-state index contributed by atoms with van der Waals surface area (Å²) in [5, 5.41) is 12.0. The van der Waals surface area contributed by atoms with Gasteiger partial charge in [-0.05, 0) is 36.8 Å². The monoisotopic (exact) mass is 300 g/mol. The number of aromatic nitrogens is 1. The van der Waals surface area contributed by atoms with Crippen LogP contribution in [0.2, 0.25) is 5.02 Å². The minimum Gasteiger partial charge on any atom is -0.384 e. The third-order valence-electron chi connectivity index (χ3n) is 2.85. The smallest absolute Gasteiger partial charge is 0.257 e. The molecule has 2 rings (SSSR count). The Morgan fingerprint density at radius 3 is 2.86 bits per heavy atom. The molecule has 2 aromatic rings. The second kappa shape index (κ2) is 6.89. The number of carbonyl (C=O) groups is 1. The molecule has 0 spiro atoms. The van der Waals surface area contributed by atoms with E-state index in [9.17, 15) is 4.79 Å². The third kappa shape index (κ3) is 3.82. The van der Waals surface area contributed by atoms with E-state index in [-0.39, 0.29) is 12.5 Å². The van der Waals surface area contributed by atoms with Crippen LogP contribution >= 0.6 is 11.6 Å². The van der Waals surface area contributed by atoms with Gasteiger partial charge in [0.15, 0.2) is 0 Å². The predicted octanol–water partition coefficient (Wildman–Crippen LogP) is 2.64. The van der Waals surface area contributed by atoms with E-state index in [0.29, 0.717) is 22.0 Å². The van der Waals surface area contributed by atoms with Crippen LogP contribution in [0.5, 0.6) is 0 Å². The first-order valence-corrected chi connectivity index (χ1v) is 6.62. The van der Waals surface area contributed by atoms with Crippen LogP contribution < -0.4 is 5.32 Å². The molecule has 1 aromatic heterocycles. The Bertz CT molecular complexity index is 715. The van der Waals surface area contributed by atoms with Gasteiger partial charge in [-0.15, -0.1) is 0 Å². The van der Waals surface area contributed by atoms with Gasteiger partial charge in [-0.3, -0.25) is 4.79 Å². The standard InChI is InChI=1S/C16H13ClN2O2/c1-11-12(5-3-9-20)4-2-6-14(11)16(21)19-15-8-7-13(17)10-18-15/h2,4,6-8,10,20H,9H2,1H3,(H,18,19,21). The Morgan fingerprint density at radius 1 is 1.38 bits per heavy atom. The number of carbonyl (C=O) groups excluding carboxylic acids is 1. The molecule has 0 atom stereocenters. The van der Waals surface area contributed by atoms with Crippen LogP contribution in [0.25, 0.3) is 0 Å². The molecule has 0 unspecified atom stereocenters. The van der Waals surface area contributed by atoms with E-state index in [0.717, 1.165) is 5.56 Å². The van der Waals surface area contributed by atoms with Crippen LogP contribution in [0.4, 0.5) is 5.82 Å². The molecule has 4 nitrogen and oxygen atoms in total. The average Bonchev–Trinajstić information content (AvgIpc) is 2.48. The Hall–Kier alpha value is -2.35. The lowest BCUT2D eigenvalue weighted by molar-refractivity contribution is 0.102. The van der Waals surface area contributed by atoms with E-state index in [4.69, 9.17) is 16.7 Å². The third-order valence-corrected chi connectivity index (χ3v) is 3.07. The number of anilines is 1. The molecule has 0 aliphatic rings. The van der Waals surface area contributed by atoms with E-state index in [2.05, 4.69) is 22.1 Å². The van der Waals surface area contributed by atoms with Crippen molar-refractivity contribution in [2.24, 2.45) is 0 Å². The molecule has 0 saturated heterocycles. The van der Waals surface area contributed by atoms with Crippen molar-refractivity contribution in [1.82, 2.24) is 4.98 Å². The van der Waals surface area contributed by atoms with Crippen LogP contribution in [0, 0.1) is 18.8 Å². The first-order valence-electron chi connectivity index (χ1n) is 6.24. The van der Waals surface area contributed by atoms with Crippen molar-refractivity contribution in [2.75, 3.05) is 11.9 Å². The number of aliphatic hydroxyl groups excluding tert-OH is 1. The summed E-state index contributed by atoms with van der Waals surface area (Å²) in [5.74, 6) is 5.55. The van der Waals surface area contributed by atoms with Gasteiger partial charge in [-0.2, -0.15) is 0 Å². The van der Waals surface area contributed by atoms with Crippen molar-refractivity contribution < 1.29 is 9.90 Å². The molecule has 0 aliphatic heterocycles. The lowest BCUT2D eigenvalue weighted by Crippen LogP contribution is -2.14. The zero-order valence-electron chi connectivity index (χ0n) is 11.4. The number of rotatable bonds is 2. The van der Waals surface area contributed by atoms with Crippen molar-refractivity contribution in [2.45, 2.75) is 6.92 Å². The van der Waals surface area contributed by atoms with Gasteiger partial charge in [0.1, 0.15) is 12.4 Å². The minimum absolute atomic E-state index is 0.218. The first kappa shape index (κ1) is 15.0. The Labute approximate surface area is 127 Å². The second-order valence-corrected chi connectivity index (χ2v) is 4.69. The predicted molar refractivity (Wildman–Crippen MR) is 82.3 cm³/mol. The maximum Gasteiger partial charge on any atom is 0.257 e. The van der Waals surface area contributed by atoms with Crippen molar-refractivity contribution in [1.29, 1.82) is 0 Å². The lowest BCUT2D eigenvalue weighted by atomic mass is 10.0. The number of amides is 1. The molecular formula is C16H13ClN2O2. The SMILES string of the molecule is Cc1c(C#CCO)cccc1C(=O)Nc1ccc(Cl)cn1. The molecule has 0 radical (unpaired) electrons. The fourth-order valence-corrected chi connectivity index (χ4v) is 1.90. The van der Waals surface area contributed by atoms with Gasteiger partial charge in [-0.1, -0.05) is 29.5 Å². The number of benzene rings is 1. The number of halogens is 1. The number of nitrogens with one attached hydrogen (secondary N) is 1. The maximum absolute atomic E-state index is 12.3. The number of hydrogen-bond donors (Lipinski definition) is 2. The molecule has 106 valence electrons. The highest BCUT2D eigenvalue weighted by Gasteiger charge is 2.11. The fourth-order valence-electron chi connectivity index (χ4n) is 1.79. The summed E-state index contributed by atoms with van der Waals surface area (Å²) in [7, 11) is 0. The molecule has 0 saturated carbocycles. The summed E-state index contributed by atoms with van der Waals surface area (Å²) in [6.07, 6.45) is 1.47. The highest BCUT2D eigenvalue weighted by molar-refractivity contribution is 6.30. The summed E-state index contributed by atoms with van der Waals surface area (Å²) in [6.45, 7) is 1.59. The second-order valence-electron chi connectivity index (χ2n) is 4.25. The summed E-state index contributed by atoms with van der Waals surface area (Å²) in [4.78, 5) is 16.3. The fraction of sp³-hybridized carbons (Fsp3) is 0.125. The van der Waals surface area contributed by atoms with Gasteiger partial charge in [-0.25, -0.2) is 4.98 Å². The van der Waals surface area contributed by atoms with E-state index >= 15 is 0 Å². The van der Waals surface area contributed by atoms with E-state index < -0.39 is 0 Å². The molecule has 0 fully saturated rings. The Kier molecular flexibility index (Phi) is 4.94. The van der Waals surface area contributed by atoms with E-state index in [1.807, 2.05) is 6.92 Å². The van der Waals surface area contributed by atoms with E-state index in [1.165, 1.54) is 6.20 Å². The molecule has 1 amide bonds. The number of aliphatic hydroxyl groups is 1. The van der Waals surface area contributed by atoms with E-state index in [1.54, 1.807) is 30.3 Å². The maximum atomic E-state index is 12.3. The first-order chi connectivity index (χ1) is 10.1. The Morgan fingerprint density at radius 2 is 2.19 bits per heavy atom. The lowest BCUT2D eigenvalue weighted by Gasteiger charge is -2.08. The molecule has 1 heterocycles. The van der Waals surface area contributed by atoms with Gasteiger partial charge in [0, 0.05) is 17.3 Å². The molecule has 2 N–H and O–H groups in total. The van der Waals surface area contributed by atoms with Crippen LogP contribution in [-0.4, -0.2) is 22.6 Å². The van der Waals surface area contributed by atoms with Crippen LogP contribution in [0.3, 0.4) is 0 Å². The van der Waals surface area contributed by atoms with Crippen LogP contribution in [0.15, 0.2) is 36.5 Å². The van der Waals surface area contributed by atoms with Gasteiger partial charge in [0.25, 0.3) is 5.91 Å². The summed E-state index contributed by atoms with van der Waals surface area (Å²) in [6, 6.07) is 8.55. The summed E-state index contributed by atoms with van der Waals surface area (Å²) in [5.41, 5.74) is 1.97. The van der Waals surface area contributed by atoms with Gasteiger partial charge >= 0.3 is 0 Å².